The van der Waals surface area contributed by atoms with Crippen molar-refractivity contribution in [1.82, 2.24) is 4.98 Å². The minimum atomic E-state index is -0.283. The van der Waals surface area contributed by atoms with E-state index in [0.29, 0.717) is 10.8 Å². The molecule has 0 atom stereocenters. The smallest absolute Gasteiger partial charge is 0.230 e. The van der Waals surface area contributed by atoms with E-state index in [1.54, 1.807) is 6.07 Å². The van der Waals surface area contributed by atoms with Gasteiger partial charge in [0.2, 0.25) is 5.91 Å². The number of anilines is 3. The zero-order valence-corrected chi connectivity index (χ0v) is 18.6. The lowest BCUT2D eigenvalue weighted by molar-refractivity contribution is -0.140. The normalized spacial score (nSPS) is 28.0. The Hall–Kier alpha value is -2.73. The highest BCUT2D eigenvalue weighted by Crippen LogP contribution is 2.60. The summed E-state index contributed by atoms with van der Waals surface area (Å²) in [5.41, 5.74) is 3.13. The molecule has 4 fully saturated rings. The molecule has 2 N–H and O–H groups in total. The maximum atomic E-state index is 13.4. The molecule has 32 heavy (non-hydrogen) atoms. The summed E-state index contributed by atoms with van der Waals surface area (Å²) in [6, 6.07) is 14.3. The van der Waals surface area contributed by atoms with Crippen LogP contribution in [0.25, 0.3) is 11.3 Å². The van der Waals surface area contributed by atoms with Gasteiger partial charge in [-0.05, 0) is 86.6 Å². The lowest BCUT2D eigenvalue weighted by Crippen LogP contribution is -2.51. The van der Waals surface area contributed by atoms with Crippen LogP contribution >= 0.6 is 11.3 Å². The average Bonchev–Trinajstić information content (AvgIpc) is 3.21. The van der Waals surface area contributed by atoms with Crippen LogP contribution in [0, 0.1) is 29.0 Å². The van der Waals surface area contributed by atoms with Crippen LogP contribution in [0.15, 0.2) is 53.9 Å². The van der Waals surface area contributed by atoms with Crippen molar-refractivity contribution in [2.75, 3.05) is 10.6 Å². The molecule has 4 bridgehead atoms. The van der Waals surface area contributed by atoms with Crippen LogP contribution in [0.4, 0.5) is 20.9 Å². The van der Waals surface area contributed by atoms with Gasteiger partial charge in [-0.3, -0.25) is 4.79 Å². The molecule has 0 unspecified atom stereocenters. The van der Waals surface area contributed by atoms with Crippen LogP contribution in [0.5, 0.6) is 0 Å². The molecule has 1 amide bonds. The van der Waals surface area contributed by atoms with Crippen molar-refractivity contribution in [2.45, 2.75) is 38.5 Å². The third-order valence-corrected chi connectivity index (χ3v) is 8.27. The number of aromatic nitrogens is 1. The largest absolute Gasteiger partial charge is 0.331 e. The minimum absolute atomic E-state index is 0.159. The van der Waals surface area contributed by atoms with Crippen molar-refractivity contribution in [1.29, 1.82) is 0 Å². The fourth-order valence-corrected chi connectivity index (χ4v) is 7.30. The SMILES string of the molecule is O=C(Nc1cccc(-c2csc(Nc3cccc(F)c3)n2)c1)C12CC3CC(CC(C3)C1)C2. The number of amides is 1. The highest BCUT2D eigenvalue weighted by molar-refractivity contribution is 7.14. The van der Waals surface area contributed by atoms with Crippen molar-refractivity contribution in [3.63, 3.8) is 0 Å². The molecule has 164 valence electrons. The summed E-state index contributed by atoms with van der Waals surface area (Å²) in [5, 5.41) is 9.07. The molecule has 4 saturated carbocycles. The van der Waals surface area contributed by atoms with Crippen molar-refractivity contribution >= 4 is 33.8 Å². The molecule has 0 spiro atoms. The van der Waals surface area contributed by atoms with E-state index in [9.17, 15) is 9.18 Å². The first-order valence-corrected chi connectivity index (χ1v) is 12.3. The minimum Gasteiger partial charge on any atom is -0.331 e. The molecule has 4 aliphatic carbocycles. The van der Waals surface area contributed by atoms with E-state index in [1.807, 2.05) is 35.7 Å². The number of carbonyl (C=O) groups is 1. The van der Waals surface area contributed by atoms with Crippen molar-refractivity contribution in [3.8, 4) is 11.3 Å². The Bertz CT molecular complexity index is 1140. The number of carbonyl (C=O) groups excluding carboxylic acids is 1. The zero-order chi connectivity index (χ0) is 21.7. The fraction of sp³-hybridized carbons (Fsp3) is 0.385. The first-order chi connectivity index (χ1) is 15.5. The summed E-state index contributed by atoms with van der Waals surface area (Å²) < 4.78 is 13.4. The summed E-state index contributed by atoms with van der Waals surface area (Å²) in [4.78, 5) is 18.0. The first-order valence-electron chi connectivity index (χ1n) is 11.4. The molecule has 3 aromatic rings. The van der Waals surface area contributed by atoms with E-state index in [4.69, 9.17) is 0 Å². The van der Waals surface area contributed by atoms with Gasteiger partial charge in [-0.2, -0.15) is 0 Å². The molecule has 2 aromatic carbocycles. The van der Waals surface area contributed by atoms with E-state index in [0.717, 1.165) is 54.0 Å². The third-order valence-electron chi connectivity index (χ3n) is 7.52. The van der Waals surface area contributed by atoms with Crippen LogP contribution in [0.3, 0.4) is 0 Å². The van der Waals surface area contributed by atoms with Crippen molar-refractivity contribution in [3.05, 3.63) is 59.7 Å². The van der Waals surface area contributed by atoms with Crippen LogP contribution in [0.1, 0.15) is 38.5 Å². The van der Waals surface area contributed by atoms with Gasteiger partial charge in [0.05, 0.1) is 11.1 Å². The van der Waals surface area contributed by atoms with Gasteiger partial charge in [0, 0.05) is 22.3 Å². The Labute approximate surface area is 191 Å². The lowest BCUT2D eigenvalue weighted by Gasteiger charge is -2.55. The first kappa shape index (κ1) is 19.9. The number of hydrogen-bond donors (Lipinski definition) is 2. The Morgan fingerprint density at radius 1 is 0.969 bits per heavy atom. The summed E-state index contributed by atoms with van der Waals surface area (Å²) in [6.07, 6.45) is 7.18. The van der Waals surface area contributed by atoms with Gasteiger partial charge in [0.25, 0.3) is 0 Å². The van der Waals surface area contributed by atoms with E-state index < -0.39 is 0 Å². The summed E-state index contributed by atoms with van der Waals surface area (Å²) in [6.45, 7) is 0. The van der Waals surface area contributed by atoms with E-state index in [2.05, 4.69) is 15.6 Å². The monoisotopic (exact) mass is 447 g/mol. The number of rotatable bonds is 5. The highest BCUT2D eigenvalue weighted by atomic mass is 32.1. The van der Waals surface area contributed by atoms with Gasteiger partial charge in [0.15, 0.2) is 5.13 Å². The molecule has 4 nitrogen and oxygen atoms in total. The van der Waals surface area contributed by atoms with Gasteiger partial charge < -0.3 is 10.6 Å². The number of nitrogens with zero attached hydrogens (tertiary/aromatic N) is 1. The van der Waals surface area contributed by atoms with E-state index in [-0.39, 0.29) is 17.1 Å². The standard InChI is InChI=1S/C26H26FN3OS/c27-20-4-2-6-22(11-20)29-25-30-23(15-32-25)19-3-1-5-21(10-19)28-24(31)26-12-16-7-17(13-26)9-18(8-16)14-26/h1-6,10-11,15-18H,7-9,12-14H2,(H,28,31)(H,29,30). The Morgan fingerprint density at radius 2 is 1.66 bits per heavy atom. The maximum absolute atomic E-state index is 13.4. The topological polar surface area (TPSA) is 54.0 Å². The van der Waals surface area contributed by atoms with Crippen molar-refractivity contribution < 1.29 is 9.18 Å². The van der Waals surface area contributed by atoms with Gasteiger partial charge in [-0.1, -0.05) is 18.2 Å². The molecular weight excluding hydrogens is 421 g/mol. The van der Waals surface area contributed by atoms with Gasteiger partial charge >= 0.3 is 0 Å². The molecule has 0 saturated heterocycles. The lowest BCUT2D eigenvalue weighted by atomic mass is 9.49. The van der Waals surface area contributed by atoms with Gasteiger partial charge in [-0.15, -0.1) is 11.3 Å². The van der Waals surface area contributed by atoms with Crippen LogP contribution in [-0.2, 0) is 4.79 Å². The summed E-state index contributed by atoms with van der Waals surface area (Å²) in [5.74, 6) is 2.17. The number of thiazole rings is 1. The van der Waals surface area contributed by atoms with E-state index in [1.165, 1.54) is 42.7 Å². The molecular formula is C26H26FN3OS. The van der Waals surface area contributed by atoms with Crippen LogP contribution in [0.2, 0.25) is 0 Å². The maximum Gasteiger partial charge on any atom is 0.230 e. The molecule has 1 aromatic heterocycles. The fourth-order valence-electron chi connectivity index (χ4n) is 6.56. The van der Waals surface area contributed by atoms with E-state index >= 15 is 0 Å². The predicted octanol–water partition coefficient (Wildman–Crippen LogP) is 6.85. The Balaban J connectivity index is 1.18. The molecule has 4 aliphatic rings. The Morgan fingerprint density at radius 3 is 2.38 bits per heavy atom. The van der Waals surface area contributed by atoms with Gasteiger partial charge in [0.1, 0.15) is 5.82 Å². The number of halogens is 1. The average molecular weight is 448 g/mol. The molecule has 7 rings (SSSR count). The van der Waals surface area contributed by atoms with Crippen molar-refractivity contribution in [2.24, 2.45) is 23.2 Å². The molecule has 6 heteroatoms. The third kappa shape index (κ3) is 3.71. The Kier molecular flexibility index (Phi) is 4.79. The highest BCUT2D eigenvalue weighted by Gasteiger charge is 2.54. The second-order valence-corrected chi connectivity index (χ2v) is 10.8. The van der Waals surface area contributed by atoms with Gasteiger partial charge in [-0.25, -0.2) is 9.37 Å². The number of benzene rings is 2. The quantitative estimate of drug-likeness (QED) is 0.450. The number of nitrogens with one attached hydrogen (secondary N) is 2. The predicted molar refractivity (Wildman–Crippen MR) is 126 cm³/mol. The molecule has 0 radical (unpaired) electrons. The zero-order valence-electron chi connectivity index (χ0n) is 17.8. The molecule has 1 heterocycles. The summed E-state index contributed by atoms with van der Waals surface area (Å²) in [7, 11) is 0. The van der Waals surface area contributed by atoms with Crippen LogP contribution in [-0.4, -0.2) is 10.9 Å². The summed E-state index contributed by atoms with van der Waals surface area (Å²) >= 11 is 1.47. The second-order valence-electron chi connectivity index (χ2n) is 9.91. The number of hydrogen-bond acceptors (Lipinski definition) is 4. The van der Waals surface area contributed by atoms with Crippen LogP contribution < -0.4 is 10.6 Å². The second kappa shape index (κ2) is 7.69. The molecule has 0 aliphatic heterocycles.